The van der Waals surface area contributed by atoms with Gasteiger partial charge in [-0.05, 0) is 40.2 Å². The Labute approximate surface area is 252 Å². The van der Waals surface area contributed by atoms with Crippen LogP contribution < -0.4 is 18.9 Å². The molecule has 0 saturated heterocycles. The largest absolute Gasteiger partial charge is 1.00 e. The van der Waals surface area contributed by atoms with Crippen molar-refractivity contribution in [2.24, 2.45) is 0 Å². The second-order valence-corrected chi connectivity index (χ2v) is 8.65. The smallest absolute Gasteiger partial charge is 0.870 e. The molecule has 218 valence electrons. The van der Waals surface area contributed by atoms with Crippen LogP contribution in [0.25, 0.3) is 0 Å². The molecule has 2 N–H and O–H groups in total. The summed E-state index contributed by atoms with van der Waals surface area (Å²) in [6.45, 7) is 8.19. The molecule has 3 unspecified atom stereocenters. The van der Waals surface area contributed by atoms with Crippen LogP contribution in [0.4, 0.5) is 8.78 Å². The zero-order valence-corrected chi connectivity index (χ0v) is 24.3. The zero-order chi connectivity index (χ0) is 29.5. The molecule has 0 aliphatic heterocycles. The van der Waals surface area contributed by atoms with Gasteiger partial charge in [-0.2, -0.15) is 0 Å². The van der Waals surface area contributed by atoms with E-state index in [1.165, 1.54) is 19.1 Å². The van der Waals surface area contributed by atoms with Crippen LogP contribution in [-0.2, 0) is 35.2 Å². The number of halogens is 2. The maximum atomic E-state index is 13.9. The zero-order valence-electron chi connectivity index (χ0n) is 24.3. The van der Waals surface area contributed by atoms with Crippen molar-refractivity contribution in [3.05, 3.63) is 108 Å². The van der Waals surface area contributed by atoms with E-state index in [9.17, 15) is 23.2 Å². The van der Waals surface area contributed by atoms with E-state index in [4.69, 9.17) is 9.84 Å². The third kappa shape index (κ3) is 12.7. The Balaban J connectivity index is 0. The number of carbonyl (C=O) groups is 3. The quantitative estimate of drug-likeness (QED) is 0.327. The van der Waals surface area contributed by atoms with Crippen LogP contribution in [0.5, 0.6) is 0 Å². The van der Waals surface area contributed by atoms with Crippen LogP contribution in [0.2, 0.25) is 0 Å². The van der Waals surface area contributed by atoms with Crippen LogP contribution in [-0.4, -0.2) is 41.7 Å². The van der Waals surface area contributed by atoms with Gasteiger partial charge in [0.2, 0.25) is 11.3 Å². The Morgan fingerprint density at radius 3 is 1.46 bits per heavy atom. The van der Waals surface area contributed by atoms with E-state index < -0.39 is 23.3 Å². The number of ether oxygens (including phenoxy) is 2. The first-order valence-corrected chi connectivity index (χ1v) is 12.5. The van der Waals surface area contributed by atoms with Gasteiger partial charge in [-0.1, -0.05) is 91.0 Å². The summed E-state index contributed by atoms with van der Waals surface area (Å²) >= 11 is 0. The molecule has 0 amide bonds. The summed E-state index contributed by atoms with van der Waals surface area (Å²) < 4.78 is 36.8. The van der Waals surface area contributed by atoms with Gasteiger partial charge in [0.25, 0.3) is 0 Å². The Hall–Kier alpha value is -3.51. The number of alkyl halides is 2. The predicted molar refractivity (Wildman–Crippen MR) is 147 cm³/mol. The maximum absolute atomic E-state index is 13.9. The molecule has 0 aromatic heterocycles. The molecule has 0 aliphatic rings. The summed E-state index contributed by atoms with van der Waals surface area (Å²) in [5.74, 6) is -2.63. The van der Waals surface area contributed by atoms with E-state index in [0.717, 1.165) is 12.5 Å². The van der Waals surface area contributed by atoms with Crippen molar-refractivity contribution in [3.8, 4) is 0 Å². The number of benzene rings is 3. The predicted octanol–water partition coefficient (Wildman–Crippen LogP) is 3.57. The average molecular weight is 567 g/mol. The molecular formula is C31H37F2LiO7. The molecule has 10 heteroatoms. The minimum absolute atomic E-state index is 0. The van der Waals surface area contributed by atoms with Gasteiger partial charge < -0.3 is 20.1 Å². The van der Waals surface area contributed by atoms with E-state index >= 15 is 0 Å². The molecule has 0 radical (unpaired) electrons. The molecule has 3 rings (SSSR count). The average Bonchev–Trinajstić information content (AvgIpc) is 2.95. The Morgan fingerprint density at radius 1 is 0.732 bits per heavy atom. The topological polar surface area (TPSA) is 120 Å². The fraction of sp³-hybridized carbons (Fsp3) is 0.323. The van der Waals surface area contributed by atoms with Crippen molar-refractivity contribution in [1.82, 2.24) is 0 Å². The molecule has 0 bridgehead atoms. The first-order chi connectivity index (χ1) is 18.4. The normalized spacial score (nSPS) is 13.2. The van der Waals surface area contributed by atoms with E-state index in [1.807, 2.05) is 44.2 Å². The molecule has 7 nitrogen and oxygen atoms in total. The maximum Gasteiger partial charge on any atom is 1.00 e. The molecule has 0 heterocycles. The van der Waals surface area contributed by atoms with E-state index in [2.05, 4.69) is 4.74 Å². The van der Waals surface area contributed by atoms with Crippen molar-refractivity contribution < 1.29 is 62.1 Å². The first kappa shape index (κ1) is 39.6. The Kier molecular flexibility index (Phi) is 18.9. The van der Waals surface area contributed by atoms with Crippen LogP contribution in [0.1, 0.15) is 57.2 Å². The second kappa shape index (κ2) is 19.5. The Morgan fingerprint density at radius 2 is 1.10 bits per heavy atom. The van der Waals surface area contributed by atoms with E-state index in [-0.39, 0.29) is 48.4 Å². The minimum Gasteiger partial charge on any atom is -0.870 e. The minimum atomic E-state index is -2.29. The molecule has 41 heavy (non-hydrogen) atoms. The molecule has 0 aliphatic carbocycles. The standard InChI is InChI=1S/C11H13FO2.C11H14O2.C9H9FO2.Li.H2O/c1-3-14-10(13)11(2,12)9-7-5-4-6-8-9;1-3-13-11(12)9(2)10-7-5-4-6-8-10;1-9(10,8(11)12)7-5-3-2-4-6-7;;/h4-8H,3H2,1-2H3;4-9H,3H2,1-2H3;2-6H,1H3,(H,11,12);;1H2/q;;;+1;/p-1. The third-order valence-corrected chi connectivity index (χ3v) is 5.63. The van der Waals surface area contributed by atoms with Crippen molar-refractivity contribution in [2.45, 2.75) is 51.9 Å². The summed E-state index contributed by atoms with van der Waals surface area (Å²) in [6, 6.07) is 25.7. The summed E-state index contributed by atoms with van der Waals surface area (Å²) in [5.41, 5.74) is -2.87. The van der Waals surface area contributed by atoms with Crippen LogP contribution in [0, 0.1) is 0 Å². The summed E-state index contributed by atoms with van der Waals surface area (Å²) in [5, 5.41) is 8.52. The molecule has 0 saturated carbocycles. The summed E-state index contributed by atoms with van der Waals surface area (Å²) in [6.07, 6.45) is 0. The van der Waals surface area contributed by atoms with Gasteiger partial charge in [0, 0.05) is 11.1 Å². The van der Waals surface area contributed by atoms with E-state index in [1.54, 1.807) is 55.5 Å². The van der Waals surface area contributed by atoms with Crippen LogP contribution >= 0.6 is 0 Å². The Bertz CT molecular complexity index is 1160. The monoisotopic (exact) mass is 566 g/mol. The number of rotatable bonds is 8. The van der Waals surface area contributed by atoms with Crippen LogP contribution in [0.15, 0.2) is 91.0 Å². The number of carboxylic acid groups (broad SMARTS) is 1. The van der Waals surface area contributed by atoms with Crippen molar-refractivity contribution in [1.29, 1.82) is 0 Å². The van der Waals surface area contributed by atoms with Gasteiger partial charge in [-0.15, -0.1) is 0 Å². The van der Waals surface area contributed by atoms with Crippen LogP contribution in [0.3, 0.4) is 0 Å². The first-order valence-electron chi connectivity index (χ1n) is 12.5. The second-order valence-electron chi connectivity index (χ2n) is 8.65. The number of esters is 2. The van der Waals surface area contributed by atoms with Gasteiger partial charge in [0.1, 0.15) is 0 Å². The molecule has 3 aromatic carbocycles. The SMILES string of the molecule is CC(F)(C(=O)O)c1ccccc1.CCOC(=O)C(C)(F)c1ccccc1.CCOC(=O)C(C)c1ccccc1.[Li+].[OH-]. The van der Waals surface area contributed by atoms with Gasteiger partial charge in [0.05, 0.1) is 19.1 Å². The fourth-order valence-electron chi connectivity index (χ4n) is 3.16. The molecule has 3 atom stereocenters. The molecular weight excluding hydrogens is 529 g/mol. The molecule has 3 aromatic rings. The molecule has 0 spiro atoms. The van der Waals surface area contributed by atoms with Crippen molar-refractivity contribution in [2.75, 3.05) is 13.2 Å². The number of aliphatic carboxylic acids is 1. The number of carboxylic acids is 1. The van der Waals surface area contributed by atoms with Gasteiger partial charge in [-0.3, -0.25) is 4.79 Å². The molecule has 0 fully saturated rings. The number of hydrogen-bond acceptors (Lipinski definition) is 6. The fourth-order valence-corrected chi connectivity index (χ4v) is 3.16. The van der Waals surface area contributed by atoms with Crippen molar-refractivity contribution in [3.63, 3.8) is 0 Å². The van der Waals surface area contributed by atoms with Crippen molar-refractivity contribution >= 4 is 17.9 Å². The summed E-state index contributed by atoms with van der Waals surface area (Å²) in [4.78, 5) is 33.0. The third-order valence-electron chi connectivity index (χ3n) is 5.63. The van der Waals surface area contributed by atoms with Gasteiger partial charge in [-0.25, -0.2) is 18.4 Å². The van der Waals surface area contributed by atoms with Gasteiger partial charge >= 0.3 is 36.8 Å². The summed E-state index contributed by atoms with van der Waals surface area (Å²) in [7, 11) is 0. The number of carbonyl (C=O) groups excluding carboxylic acids is 2. The van der Waals surface area contributed by atoms with E-state index in [0.29, 0.717) is 12.2 Å². The van der Waals surface area contributed by atoms with Gasteiger partial charge in [0.15, 0.2) is 0 Å². The number of hydrogen-bond donors (Lipinski definition) is 1.